The van der Waals surface area contributed by atoms with Crippen molar-refractivity contribution in [1.82, 2.24) is 0 Å². The van der Waals surface area contributed by atoms with E-state index in [1.165, 1.54) is 6.08 Å². The molecule has 2 rings (SSSR count). The van der Waals surface area contributed by atoms with Crippen LogP contribution in [-0.4, -0.2) is 24.6 Å². The van der Waals surface area contributed by atoms with E-state index in [-0.39, 0.29) is 18.7 Å². The summed E-state index contributed by atoms with van der Waals surface area (Å²) in [6.45, 7) is 2.11. The maximum absolute atomic E-state index is 11.9. The number of nitrogens with zero attached hydrogens (tertiary/aromatic N) is 1. The molecule has 0 radical (unpaired) electrons. The SMILES string of the molecule is CCOC(=O)C(Cc1ccc(OCc2ccccc2)cc1N=C=O)C(N)=O. The van der Waals surface area contributed by atoms with Gasteiger partial charge in [-0.05, 0) is 30.5 Å². The summed E-state index contributed by atoms with van der Waals surface area (Å²) in [5.41, 5.74) is 7.04. The van der Waals surface area contributed by atoms with Crippen molar-refractivity contribution >= 4 is 23.6 Å². The number of isocyanates is 1. The highest BCUT2D eigenvalue weighted by molar-refractivity contribution is 5.97. The van der Waals surface area contributed by atoms with E-state index in [2.05, 4.69) is 4.99 Å². The van der Waals surface area contributed by atoms with Crippen molar-refractivity contribution in [3.05, 3.63) is 59.7 Å². The van der Waals surface area contributed by atoms with Gasteiger partial charge in [0, 0.05) is 6.07 Å². The number of ether oxygens (including phenoxy) is 2. The van der Waals surface area contributed by atoms with Crippen molar-refractivity contribution in [2.45, 2.75) is 20.0 Å². The average molecular weight is 368 g/mol. The third-order valence-corrected chi connectivity index (χ3v) is 3.81. The van der Waals surface area contributed by atoms with Crippen LogP contribution < -0.4 is 10.5 Å². The molecule has 1 unspecified atom stereocenters. The van der Waals surface area contributed by atoms with Crippen LogP contribution in [0.1, 0.15) is 18.1 Å². The minimum absolute atomic E-state index is 0.0341. The first-order valence-corrected chi connectivity index (χ1v) is 8.38. The molecule has 0 heterocycles. The van der Waals surface area contributed by atoms with Gasteiger partial charge in [-0.1, -0.05) is 36.4 Å². The van der Waals surface area contributed by atoms with Gasteiger partial charge in [0.2, 0.25) is 12.0 Å². The molecule has 0 aliphatic carbocycles. The number of hydrogen-bond donors (Lipinski definition) is 1. The van der Waals surface area contributed by atoms with Gasteiger partial charge in [0.25, 0.3) is 0 Å². The summed E-state index contributed by atoms with van der Waals surface area (Å²) >= 11 is 0. The second-order valence-corrected chi connectivity index (χ2v) is 5.68. The van der Waals surface area contributed by atoms with Crippen LogP contribution in [0, 0.1) is 5.92 Å². The summed E-state index contributed by atoms with van der Waals surface area (Å²) < 4.78 is 10.6. The van der Waals surface area contributed by atoms with Crippen LogP contribution in [0.2, 0.25) is 0 Å². The standard InChI is InChI=1S/C20H20N2O5/c1-2-26-20(25)17(19(21)24)10-15-8-9-16(11-18(15)22-13-23)27-12-14-6-4-3-5-7-14/h3-9,11,17H,2,10,12H2,1H3,(H2,21,24). The van der Waals surface area contributed by atoms with Crippen LogP contribution in [0.4, 0.5) is 5.69 Å². The van der Waals surface area contributed by atoms with Gasteiger partial charge in [-0.3, -0.25) is 9.59 Å². The normalized spacial score (nSPS) is 11.1. The Morgan fingerprint density at radius 2 is 1.93 bits per heavy atom. The number of amides is 1. The Bertz CT molecular complexity index is 845. The van der Waals surface area contributed by atoms with Gasteiger partial charge in [-0.25, -0.2) is 4.79 Å². The molecule has 27 heavy (non-hydrogen) atoms. The molecule has 0 aromatic heterocycles. The molecule has 2 N–H and O–H groups in total. The zero-order chi connectivity index (χ0) is 19.6. The van der Waals surface area contributed by atoms with Gasteiger partial charge in [-0.2, -0.15) is 4.99 Å². The summed E-state index contributed by atoms with van der Waals surface area (Å²) in [7, 11) is 0. The lowest BCUT2D eigenvalue weighted by Crippen LogP contribution is -2.33. The first kappa shape index (κ1) is 19.9. The first-order valence-electron chi connectivity index (χ1n) is 8.38. The van der Waals surface area contributed by atoms with E-state index in [1.54, 1.807) is 25.1 Å². The van der Waals surface area contributed by atoms with Gasteiger partial charge in [-0.15, -0.1) is 0 Å². The molecule has 0 aliphatic rings. The van der Waals surface area contributed by atoms with E-state index in [0.29, 0.717) is 17.9 Å². The first-order chi connectivity index (χ1) is 13.0. The monoisotopic (exact) mass is 368 g/mol. The predicted molar refractivity (Wildman–Crippen MR) is 98.0 cm³/mol. The molecule has 0 saturated carbocycles. The molecule has 2 aromatic carbocycles. The van der Waals surface area contributed by atoms with Gasteiger partial charge in [0.15, 0.2) is 0 Å². The summed E-state index contributed by atoms with van der Waals surface area (Å²) in [6.07, 6.45) is 1.44. The second-order valence-electron chi connectivity index (χ2n) is 5.68. The molecule has 0 aliphatic heterocycles. The van der Waals surface area contributed by atoms with E-state index < -0.39 is 17.8 Å². The number of esters is 1. The second kappa shape index (κ2) is 9.89. The molecule has 0 spiro atoms. The Labute approximate surface area is 156 Å². The third kappa shape index (κ3) is 5.80. The highest BCUT2D eigenvalue weighted by atomic mass is 16.5. The Morgan fingerprint density at radius 3 is 2.56 bits per heavy atom. The van der Waals surface area contributed by atoms with Crippen molar-refractivity contribution < 1.29 is 23.9 Å². The molecule has 2 aromatic rings. The third-order valence-electron chi connectivity index (χ3n) is 3.81. The Hall–Kier alpha value is -3.44. The lowest BCUT2D eigenvalue weighted by Gasteiger charge is -2.14. The van der Waals surface area contributed by atoms with Crippen LogP contribution in [0.15, 0.2) is 53.5 Å². The summed E-state index contributed by atoms with van der Waals surface area (Å²) in [6, 6.07) is 14.4. The highest BCUT2D eigenvalue weighted by Gasteiger charge is 2.27. The number of nitrogens with two attached hydrogens (primary N) is 1. The molecule has 140 valence electrons. The van der Waals surface area contributed by atoms with Crippen molar-refractivity contribution in [2.24, 2.45) is 16.6 Å². The summed E-state index contributed by atoms with van der Waals surface area (Å²) in [5.74, 6) is -2.20. The average Bonchev–Trinajstić information content (AvgIpc) is 2.66. The Morgan fingerprint density at radius 1 is 1.19 bits per heavy atom. The topological polar surface area (TPSA) is 108 Å². The van der Waals surface area contributed by atoms with Gasteiger partial charge in [0.05, 0.1) is 12.3 Å². The molecule has 7 nitrogen and oxygen atoms in total. The number of rotatable bonds is 9. The zero-order valence-corrected chi connectivity index (χ0v) is 14.9. The van der Waals surface area contributed by atoms with Crippen LogP contribution in [0.3, 0.4) is 0 Å². The fourth-order valence-corrected chi connectivity index (χ4v) is 2.46. The molecule has 0 saturated heterocycles. The molecule has 1 atom stereocenters. The Kier molecular flexibility index (Phi) is 7.28. The molecular weight excluding hydrogens is 348 g/mol. The molecule has 1 amide bonds. The minimum Gasteiger partial charge on any atom is -0.489 e. The summed E-state index contributed by atoms with van der Waals surface area (Å²) in [5, 5.41) is 0. The van der Waals surface area contributed by atoms with Gasteiger partial charge < -0.3 is 15.2 Å². The maximum Gasteiger partial charge on any atom is 0.318 e. The number of carbonyl (C=O) groups excluding carboxylic acids is 3. The number of carbonyl (C=O) groups is 2. The minimum atomic E-state index is -1.17. The van der Waals surface area contributed by atoms with E-state index >= 15 is 0 Å². The van der Waals surface area contributed by atoms with Crippen molar-refractivity contribution in [2.75, 3.05) is 6.61 Å². The van der Waals surface area contributed by atoms with Gasteiger partial charge in [0.1, 0.15) is 18.3 Å². The van der Waals surface area contributed by atoms with E-state index in [4.69, 9.17) is 15.2 Å². The van der Waals surface area contributed by atoms with Gasteiger partial charge >= 0.3 is 5.97 Å². The predicted octanol–water partition coefficient (Wildman–Crippen LogP) is 2.44. The highest BCUT2D eigenvalue weighted by Crippen LogP contribution is 2.28. The zero-order valence-electron chi connectivity index (χ0n) is 14.9. The lowest BCUT2D eigenvalue weighted by molar-refractivity contribution is -0.151. The fourth-order valence-electron chi connectivity index (χ4n) is 2.46. The number of aliphatic imine (C=N–C) groups is 1. The fraction of sp³-hybridized carbons (Fsp3) is 0.250. The van der Waals surface area contributed by atoms with E-state index in [9.17, 15) is 14.4 Å². The number of primary amides is 1. The summed E-state index contributed by atoms with van der Waals surface area (Å²) in [4.78, 5) is 37.9. The number of benzene rings is 2. The molecule has 0 fully saturated rings. The largest absolute Gasteiger partial charge is 0.489 e. The molecule has 7 heteroatoms. The van der Waals surface area contributed by atoms with Crippen molar-refractivity contribution in [3.63, 3.8) is 0 Å². The van der Waals surface area contributed by atoms with Crippen molar-refractivity contribution in [3.8, 4) is 5.75 Å². The molecule has 0 bridgehead atoms. The Balaban J connectivity index is 2.20. The van der Waals surface area contributed by atoms with Crippen molar-refractivity contribution in [1.29, 1.82) is 0 Å². The number of hydrogen-bond acceptors (Lipinski definition) is 6. The van der Waals surface area contributed by atoms with E-state index in [1.807, 2.05) is 30.3 Å². The van der Waals surface area contributed by atoms with E-state index in [0.717, 1.165) is 5.56 Å². The quantitative estimate of drug-likeness (QED) is 0.316. The van der Waals surface area contributed by atoms with Crippen LogP contribution in [0.25, 0.3) is 0 Å². The van der Waals surface area contributed by atoms with Crippen LogP contribution in [0.5, 0.6) is 5.75 Å². The lowest BCUT2D eigenvalue weighted by atomic mass is 9.97. The van der Waals surface area contributed by atoms with Crippen LogP contribution in [-0.2, 0) is 32.1 Å². The van der Waals surface area contributed by atoms with Crippen LogP contribution >= 0.6 is 0 Å². The molecular formula is C20H20N2O5. The smallest absolute Gasteiger partial charge is 0.318 e. The maximum atomic E-state index is 11.9.